The van der Waals surface area contributed by atoms with Crippen LogP contribution in [-0.4, -0.2) is 57.2 Å². The summed E-state index contributed by atoms with van der Waals surface area (Å²) in [5.41, 5.74) is 5.23. The van der Waals surface area contributed by atoms with Crippen LogP contribution in [0.3, 0.4) is 0 Å². The Morgan fingerprint density at radius 1 is 1.53 bits per heavy atom. The van der Waals surface area contributed by atoms with Crippen LogP contribution in [0.5, 0.6) is 0 Å². The second-order valence-electron chi connectivity index (χ2n) is 3.46. The second kappa shape index (κ2) is 8.64. The highest BCUT2D eigenvalue weighted by Gasteiger charge is 2.13. The van der Waals surface area contributed by atoms with Crippen LogP contribution in [0.15, 0.2) is 0 Å². The molecule has 0 heterocycles. The molecule has 1 amide bonds. The summed E-state index contributed by atoms with van der Waals surface area (Å²) >= 11 is 0. The Labute approximate surface area is 91.9 Å². The second-order valence-corrected chi connectivity index (χ2v) is 3.46. The van der Waals surface area contributed by atoms with E-state index in [0.29, 0.717) is 6.61 Å². The van der Waals surface area contributed by atoms with Crippen molar-refractivity contribution < 1.29 is 9.53 Å². The minimum atomic E-state index is -0.291. The van der Waals surface area contributed by atoms with E-state index >= 15 is 0 Å². The van der Waals surface area contributed by atoms with Gasteiger partial charge in [-0.3, -0.25) is 4.79 Å². The van der Waals surface area contributed by atoms with E-state index in [9.17, 15) is 4.79 Å². The first-order valence-electron chi connectivity index (χ1n) is 5.33. The molecule has 0 saturated heterocycles. The molecular formula is C10H23N3O2. The molecule has 90 valence electrons. The third-order valence-corrected chi connectivity index (χ3v) is 2.48. The van der Waals surface area contributed by atoms with E-state index in [-0.39, 0.29) is 11.9 Å². The van der Waals surface area contributed by atoms with E-state index in [1.54, 1.807) is 14.2 Å². The van der Waals surface area contributed by atoms with Gasteiger partial charge in [0, 0.05) is 20.2 Å². The number of hydrogen-bond acceptors (Lipinski definition) is 4. The summed E-state index contributed by atoms with van der Waals surface area (Å²) in [6.07, 6.45) is 0.739. The number of nitrogens with zero attached hydrogens (tertiary/aromatic N) is 1. The molecule has 0 fully saturated rings. The standard InChI is InChI=1S/C10H23N3O2/c1-4-13(7-8-15-3)6-5-9(12-2)10(11)14/h9,12H,4-8H2,1-3H3,(H2,11,14). The van der Waals surface area contributed by atoms with Crippen molar-refractivity contribution in [2.24, 2.45) is 5.73 Å². The zero-order valence-electron chi connectivity index (χ0n) is 9.95. The Bertz CT molecular complexity index is 176. The molecule has 0 saturated carbocycles. The number of hydrogen-bond donors (Lipinski definition) is 2. The Morgan fingerprint density at radius 3 is 2.60 bits per heavy atom. The van der Waals surface area contributed by atoms with Crippen LogP contribution in [0.2, 0.25) is 0 Å². The van der Waals surface area contributed by atoms with Gasteiger partial charge in [-0.2, -0.15) is 0 Å². The van der Waals surface area contributed by atoms with Gasteiger partial charge < -0.3 is 20.7 Å². The lowest BCUT2D eigenvalue weighted by atomic mass is 10.2. The van der Waals surface area contributed by atoms with Crippen LogP contribution in [0.25, 0.3) is 0 Å². The zero-order valence-corrected chi connectivity index (χ0v) is 9.95. The quantitative estimate of drug-likeness (QED) is 0.542. The maximum Gasteiger partial charge on any atom is 0.234 e. The molecule has 1 unspecified atom stereocenters. The molecule has 0 bridgehead atoms. The third-order valence-electron chi connectivity index (χ3n) is 2.48. The number of likely N-dealkylation sites (N-methyl/N-ethyl adjacent to an activating group) is 2. The average molecular weight is 217 g/mol. The fourth-order valence-electron chi connectivity index (χ4n) is 1.39. The van der Waals surface area contributed by atoms with Gasteiger partial charge in [-0.25, -0.2) is 0 Å². The number of rotatable bonds is 9. The average Bonchev–Trinajstić information content (AvgIpc) is 2.23. The molecule has 0 radical (unpaired) electrons. The SMILES string of the molecule is CCN(CCOC)CCC(NC)C(N)=O. The normalized spacial score (nSPS) is 13.1. The van der Waals surface area contributed by atoms with Crippen molar-refractivity contribution in [1.29, 1.82) is 0 Å². The van der Waals surface area contributed by atoms with Gasteiger partial charge in [0.1, 0.15) is 0 Å². The number of ether oxygens (including phenoxy) is 1. The molecular weight excluding hydrogens is 194 g/mol. The van der Waals surface area contributed by atoms with E-state index in [1.165, 1.54) is 0 Å². The van der Waals surface area contributed by atoms with Crippen LogP contribution in [0.4, 0.5) is 0 Å². The number of methoxy groups -OCH3 is 1. The van der Waals surface area contributed by atoms with Crippen LogP contribution in [0.1, 0.15) is 13.3 Å². The molecule has 5 nitrogen and oxygen atoms in total. The molecule has 3 N–H and O–H groups in total. The number of carbonyl (C=O) groups excluding carboxylic acids is 1. The number of nitrogens with two attached hydrogens (primary N) is 1. The Hall–Kier alpha value is -0.650. The van der Waals surface area contributed by atoms with Gasteiger partial charge in [0.25, 0.3) is 0 Å². The first kappa shape index (κ1) is 14.3. The van der Waals surface area contributed by atoms with Crippen molar-refractivity contribution in [1.82, 2.24) is 10.2 Å². The lowest BCUT2D eigenvalue weighted by Gasteiger charge is -2.22. The number of primary amides is 1. The van der Waals surface area contributed by atoms with Crippen LogP contribution in [-0.2, 0) is 9.53 Å². The van der Waals surface area contributed by atoms with Crippen LogP contribution >= 0.6 is 0 Å². The Morgan fingerprint density at radius 2 is 2.20 bits per heavy atom. The van der Waals surface area contributed by atoms with Crippen molar-refractivity contribution in [3.05, 3.63) is 0 Å². The number of nitrogens with one attached hydrogen (secondary N) is 1. The molecule has 15 heavy (non-hydrogen) atoms. The minimum Gasteiger partial charge on any atom is -0.383 e. The highest BCUT2D eigenvalue weighted by molar-refractivity contribution is 5.79. The maximum absolute atomic E-state index is 11.0. The fourth-order valence-corrected chi connectivity index (χ4v) is 1.39. The first-order valence-corrected chi connectivity index (χ1v) is 5.33. The van der Waals surface area contributed by atoms with Gasteiger partial charge in [-0.1, -0.05) is 6.92 Å². The van der Waals surface area contributed by atoms with E-state index in [2.05, 4.69) is 17.1 Å². The summed E-state index contributed by atoms with van der Waals surface area (Å²) in [6.45, 7) is 5.51. The van der Waals surface area contributed by atoms with Gasteiger partial charge in [-0.15, -0.1) is 0 Å². The van der Waals surface area contributed by atoms with E-state index in [4.69, 9.17) is 10.5 Å². The summed E-state index contributed by atoms with van der Waals surface area (Å²) in [7, 11) is 3.44. The summed E-state index contributed by atoms with van der Waals surface area (Å²) in [5, 5.41) is 2.90. The smallest absolute Gasteiger partial charge is 0.234 e. The highest BCUT2D eigenvalue weighted by Crippen LogP contribution is 1.96. The molecule has 0 aliphatic heterocycles. The van der Waals surface area contributed by atoms with Crippen LogP contribution < -0.4 is 11.1 Å². The predicted molar refractivity (Wildman–Crippen MR) is 60.6 cm³/mol. The topological polar surface area (TPSA) is 67.6 Å². The molecule has 5 heteroatoms. The molecule has 0 aliphatic carbocycles. The summed E-state index contributed by atoms with van der Waals surface area (Å²) in [4.78, 5) is 13.2. The van der Waals surface area contributed by atoms with Crippen molar-refractivity contribution >= 4 is 5.91 Å². The van der Waals surface area contributed by atoms with Gasteiger partial charge in [0.05, 0.1) is 12.6 Å². The summed E-state index contributed by atoms with van der Waals surface area (Å²) in [6, 6.07) is -0.235. The summed E-state index contributed by atoms with van der Waals surface area (Å²) < 4.78 is 5.01. The Balaban J connectivity index is 3.81. The molecule has 0 rings (SSSR count). The van der Waals surface area contributed by atoms with Crippen LogP contribution in [0, 0.1) is 0 Å². The molecule has 0 aromatic heterocycles. The molecule has 1 atom stereocenters. The van der Waals surface area contributed by atoms with E-state index in [0.717, 1.165) is 26.1 Å². The number of carbonyl (C=O) groups is 1. The molecule has 0 aliphatic rings. The minimum absolute atomic E-state index is 0.235. The van der Waals surface area contributed by atoms with Crippen molar-refractivity contribution in [2.45, 2.75) is 19.4 Å². The third kappa shape index (κ3) is 6.43. The first-order chi connectivity index (χ1) is 7.15. The molecule has 0 spiro atoms. The van der Waals surface area contributed by atoms with Crippen molar-refractivity contribution in [3.8, 4) is 0 Å². The Kier molecular flexibility index (Phi) is 8.27. The lowest BCUT2D eigenvalue weighted by Crippen LogP contribution is -2.42. The summed E-state index contributed by atoms with van der Waals surface area (Å²) in [5.74, 6) is -0.291. The van der Waals surface area contributed by atoms with Gasteiger partial charge in [-0.05, 0) is 20.0 Å². The van der Waals surface area contributed by atoms with E-state index < -0.39 is 0 Å². The molecule has 0 aromatic carbocycles. The number of amides is 1. The lowest BCUT2D eigenvalue weighted by molar-refractivity contribution is -0.120. The van der Waals surface area contributed by atoms with E-state index in [1.807, 2.05) is 0 Å². The largest absolute Gasteiger partial charge is 0.383 e. The zero-order chi connectivity index (χ0) is 11.7. The van der Waals surface area contributed by atoms with Gasteiger partial charge in [0.2, 0.25) is 5.91 Å². The molecule has 0 aromatic rings. The monoisotopic (exact) mass is 217 g/mol. The fraction of sp³-hybridized carbons (Fsp3) is 0.900. The van der Waals surface area contributed by atoms with Crippen molar-refractivity contribution in [3.63, 3.8) is 0 Å². The maximum atomic E-state index is 11.0. The highest BCUT2D eigenvalue weighted by atomic mass is 16.5. The van der Waals surface area contributed by atoms with Gasteiger partial charge >= 0.3 is 0 Å². The van der Waals surface area contributed by atoms with Gasteiger partial charge in [0.15, 0.2) is 0 Å². The van der Waals surface area contributed by atoms with Crippen molar-refractivity contribution in [2.75, 3.05) is 40.4 Å². The predicted octanol–water partition coefficient (Wildman–Crippen LogP) is -0.582.